The van der Waals surface area contributed by atoms with E-state index in [2.05, 4.69) is 55.4 Å². The minimum absolute atomic E-state index is 0.105. The molecule has 19 heteroatoms. The monoisotopic (exact) mass is 1410 g/mol. The number of hydrogen-bond acceptors (Lipinski definition) is 15. The van der Waals surface area contributed by atoms with Gasteiger partial charge in [-0.1, -0.05) is 338 Å². The van der Waals surface area contributed by atoms with Crippen molar-refractivity contribution in [1.29, 1.82) is 0 Å². The Hall–Kier alpha value is -1.94. The SMILES string of the molecule is CCC(C)CCCCCCCCCCCCCCCCC(=O)O[C@H](COC(=O)CCCCCCCCCCCCCC(C)C)COP(=O)(O)OCC(O)COP(=O)(O)OC[C@@H](COC(=O)CCCCCCCCCC(C)C)OC(=O)CCCCCCCCCCCCCC(C)C. The van der Waals surface area contributed by atoms with E-state index in [-0.39, 0.29) is 25.7 Å². The number of ether oxygens (including phenoxy) is 4. The molecular formula is C77H150O17P2. The Morgan fingerprint density at radius 1 is 0.292 bits per heavy atom. The van der Waals surface area contributed by atoms with E-state index in [1.54, 1.807) is 0 Å². The molecule has 0 aromatic rings. The molecule has 0 aliphatic rings. The maximum absolute atomic E-state index is 13.1. The summed E-state index contributed by atoms with van der Waals surface area (Å²) in [5.74, 6) is 0.968. The van der Waals surface area contributed by atoms with Crippen molar-refractivity contribution in [3.63, 3.8) is 0 Å². The van der Waals surface area contributed by atoms with E-state index in [4.69, 9.17) is 37.0 Å². The summed E-state index contributed by atoms with van der Waals surface area (Å²) in [5, 5.41) is 10.6. The van der Waals surface area contributed by atoms with E-state index in [1.165, 1.54) is 186 Å². The lowest BCUT2D eigenvalue weighted by Crippen LogP contribution is -2.30. The van der Waals surface area contributed by atoms with Crippen LogP contribution >= 0.6 is 15.6 Å². The first-order valence-corrected chi connectivity index (χ1v) is 42.7. The van der Waals surface area contributed by atoms with Gasteiger partial charge < -0.3 is 33.8 Å². The van der Waals surface area contributed by atoms with Gasteiger partial charge in [0.25, 0.3) is 0 Å². The number of hydrogen-bond donors (Lipinski definition) is 3. The summed E-state index contributed by atoms with van der Waals surface area (Å²) in [4.78, 5) is 72.9. The Balaban J connectivity index is 5.25. The fourth-order valence-corrected chi connectivity index (χ4v) is 13.3. The third kappa shape index (κ3) is 69.2. The highest BCUT2D eigenvalue weighted by Gasteiger charge is 2.30. The number of aliphatic hydroxyl groups excluding tert-OH is 1. The van der Waals surface area contributed by atoms with E-state index >= 15 is 0 Å². The largest absolute Gasteiger partial charge is 0.472 e. The van der Waals surface area contributed by atoms with Crippen molar-refractivity contribution in [3.8, 4) is 0 Å². The number of rotatable bonds is 74. The van der Waals surface area contributed by atoms with Crippen LogP contribution in [0.15, 0.2) is 0 Å². The fourth-order valence-electron chi connectivity index (χ4n) is 11.7. The second-order valence-electron chi connectivity index (χ2n) is 29.4. The summed E-state index contributed by atoms with van der Waals surface area (Å²) >= 11 is 0. The first-order valence-electron chi connectivity index (χ1n) is 39.7. The smallest absolute Gasteiger partial charge is 0.462 e. The van der Waals surface area contributed by atoms with E-state index in [0.29, 0.717) is 31.6 Å². The number of aliphatic hydroxyl groups is 1. The molecule has 0 radical (unpaired) electrons. The van der Waals surface area contributed by atoms with Gasteiger partial charge in [0.1, 0.15) is 19.3 Å². The molecule has 0 aromatic carbocycles. The lowest BCUT2D eigenvalue weighted by Gasteiger charge is -2.21. The van der Waals surface area contributed by atoms with E-state index in [1.807, 2.05) is 0 Å². The van der Waals surface area contributed by atoms with Gasteiger partial charge >= 0.3 is 39.5 Å². The Kier molecular flexibility index (Phi) is 65.0. The van der Waals surface area contributed by atoms with E-state index in [9.17, 15) is 43.2 Å². The van der Waals surface area contributed by atoms with Gasteiger partial charge in [0, 0.05) is 25.7 Å². The Morgan fingerprint density at radius 2 is 0.500 bits per heavy atom. The van der Waals surface area contributed by atoms with Crippen molar-refractivity contribution in [2.75, 3.05) is 39.6 Å². The van der Waals surface area contributed by atoms with Crippen LogP contribution in [0.1, 0.15) is 389 Å². The number of phosphoric ester groups is 2. The highest BCUT2D eigenvalue weighted by molar-refractivity contribution is 7.47. The number of unbranched alkanes of at least 4 members (excludes halogenated alkanes) is 39. The molecule has 0 saturated heterocycles. The highest BCUT2D eigenvalue weighted by Crippen LogP contribution is 2.45. The minimum Gasteiger partial charge on any atom is -0.462 e. The molecule has 0 saturated carbocycles. The van der Waals surface area contributed by atoms with Crippen LogP contribution in [-0.4, -0.2) is 96.7 Å². The van der Waals surface area contributed by atoms with Crippen LogP contribution in [0, 0.1) is 23.7 Å². The second kappa shape index (κ2) is 66.3. The molecule has 4 unspecified atom stereocenters. The zero-order valence-corrected chi connectivity index (χ0v) is 64.8. The Bertz CT molecular complexity index is 1890. The Labute approximate surface area is 588 Å². The standard InChI is InChI=1S/C77H150O17P2/c1-9-70(8)56-48-40-32-24-18-12-10-11-13-19-26-34-43-51-59-76(81)93-72(63-87-74(79)57-49-41-33-25-20-14-16-22-29-37-45-53-67(2)3)65-91-95(83,84)89-61-71(78)62-90-96(85,86)92-66-73(64-88-75(80)58-50-42-36-28-31-39-47-55-69(6)7)94-77(82)60-52-44-35-27-21-15-17-23-30-38-46-54-68(4)5/h67-73,78H,9-66H2,1-8H3,(H,83,84)(H,85,86)/t70?,71?,72-,73-/m1/s1. The third-order valence-corrected chi connectivity index (χ3v) is 20.1. The van der Waals surface area contributed by atoms with Gasteiger partial charge in [-0.2, -0.15) is 0 Å². The molecule has 3 N–H and O–H groups in total. The Morgan fingerprint density at radius 3 is 0.740 bits per heavy atom. The summed E-state index contributed by atoms with van der Waals surface area (Å²) in [5.41, 5.74) is 0. The van der Waals surface area contributed by atoms with Crippen molar-refractivity contribution < 1.29 is 80.2 Å². The minimum atomic E-state index is -4.96. The van der Waals surface area contributed by atoms with Crippen molar-refractivity contribution in [3.05, 3.63) is 0 Å². The normalized spacial score (nSPS) is 14.4. The van der Waals surface area contributed by atoms with Crippen molar-refractivity contribution >= 4 is 39.5 Å². The molecule has 0 fully saturated rings. The molecule has 0 spiro atoms. The topological polar surface area (TPSA) is 237 Å². The number of carbonyl (C=O) groups excluding carboxylic acids is 4. The summed E-state index contributed by atoms with van der Waals surface area (Å²) in [6.07, 6.45) is 51.3. The molecular weight excluding hydrogens is 1260 g/mol. The molecule has 17 nitrogen and oxygen atoms in total. The average molecular weight is 1410 g/mol. The number of esters is 4. The first kappa shape index (κ1) is 94.1. The summed E-state index contributed by atoms with van der Waals surface area (Å²) < 4.78 is 68.6. The third-order valence-electron chi connectivity index (χ3n) is 18.2. The maximum atomic E-state index is 13.1. The molecule has 96 heavy (non-hydrogen) atoms. The van der Waals surface area contributed by atoms with Crippen LogP contribution in [0.25, 0.3) is 0 Å². The molecule has 0 aliphatic carbocycles. The van der Waals surface area contributed by atoms with Crippen molar-refractivity contribution in [2.45, 2.75) is 408 Å². The molecule has 0 amide bonds. The maximum Gasteiger partial charge on any atom is 0.472 e. The van der Waals surface area contributed by atoms with Gasteiger partial charge in [-0.25, -0.2) is 9.13 Å². The van der Waals surface area contributed by atoms with Crippen molar-refractivity contribution in [1.82, 2.24) is 0 Å². The average Bonchev–Trinajstić information content (AvgIpc) is 2.47. The number of phosphoric acid groups is 2. The predicted octanol–water partition coefficient (Wildman–Crippen LogP) is 22.4. The molecule has 0 aliphatic heterocycles. The lowest BCUT2D eigenvalue weighted by atomic mass is 9.99. The van der Waals surface area contributed by atoms with Crippen LogP contribution in [0.4, 0.5) is 0 Å². The summed E-state index contributed by atoms with van der Waals surface area (Å²) in [6.45, 7) is 14.2. The zero-order valence-electron chi connectivity index (χ0n) is 63.0. The van der Waals surface area contributed by atoms with Gasteiger partial charge in [0.05, 0.1) is 26.4 Å². The molecule has 0 rings (SSSR count). The quantitative estimate of drug-likeness (QED) is 0.0222. The second-order valence-corrected chi connectivity index (χ2v) is 32.3. The first-order chi connectivity index (χ1) is 46.1. The fraction of sp³-hybridized carbons (Fsp3) is 0.948. The lowest BCUT2D eigenvalue weighted by molar-refractivity contribution is -0.161. The van der Waals surface area contributed by atoms with Gasteiger partial charge in [0.15, 0.2) is 12.2 Å². The molecule has 0 bridgehead atoms. The van der Waals surface area contributed by atoms with Crippen LogP contribution < -0.4 is 0 Å². The van der Waals surface area contributed by atoms with Crippen LogP contribution in [-0.2, 0) is 65.4 Å². The van der Waals surface area contributed by atoms with E-state index in [0.717, 1.165) is 114 Å². The molecule has 0 heterocycles. The molecule has 6 atom stereocenters. The predicted molar refractivity (Wildman–Crippen MR) is 391 cm³/mol. The van der Waals surface area contributed by atoms with Gasteiger partial charge in [0.2, 0.25) is 0 Å². The van der Waals surface area contributed by atoms with Crippen LogP contribution in [0.3, 0.4) is 0 Å². The van der Waals surface area contributed by atoms with E-state index < -0.39 is 97.5 Å². The van der Waals surface area contributed by atoms with Crippen LogP contribution in [0.5, 0.6) is 0 Å². The summed E-state index contributed by atoms with van der Waals surface area (Å²) in [6, 6.07) is 0. The van der Waals surface area contributed by atoms with Gasteiger partial charge in [-0.05, 0) is 49.4 Å². The number of carbonyl (C=O) groups is 4. The zero-order chi connectivity index (χ0) is 71.0. The highest BCUT2D eigenvalue weighted by atomic mass is 31.2. The molecule has 570 valence electrons. The van der Waals surface area contributed by atoms with Crippen LogP contribution in [0.2, 0.25) is 0 Å². The summed E-state index contributed by atoms with van der Waals surface area (Å²) in [7, 11) is -9.92. The van der Waals surface area contributed by atoms with Gasteiger partial charge in [-0.3, -0.25) is 37.3 Å². The molecule has 0 aromatic heterocycles. The van der Waals surface area contributed by atoms with Crippen molar-refractivity contribution in [2.24, 2.45) is 23.7 Å². The van der Waals surface area contributed by atoms with Gasteiger partial charge in [-0.15, -0.1) is 0 Å².